The Morgan fingerprint density at radius 3 is 2.24 bits per heavy atom. The highest BCUT2D eigenvalue weighted by molar-refractivity contribution is 5.61. The number of morpholine rings is 1. The molecule has 0 saturated carbocycles. The van der Waals surface area contributed by atoms with Gasteiger partial charge in [-0.2, -0.15) is 0 Å². The minimum Gasteiger partial charge on any atom is -0.496 e. The number of ether oxygens (including phenoxy) is 2. The molecule has 4 heteroatoms. The summed E-state index contributed by atoms with van der Waals surface area (Å²) in [5.41, 5.74) is 8.02. The lowest BCUT2D eigenvalue weighted by Gasteiger charge is -2.48. The van der Waals surface area contributed by atoms with Crippen molar-refractivity contribution in [1.82, 2.24) is 0 Å². The molecule has 0 bridgehead atoms. The van der Waals surface area contributed by atoms with E-state index in [1.807, 2.05) is 19.1 Å². The van der Waals surface area contributed by atoms with Gasteiger partial charge < -0.3 is 20.1 Å². The van der Waals surface area contributed by atoms with Crippen molar-refractivity contribution < 1.29 is 9.47 Å². The molecular weight excluding hydrogens is 264 g/mol. The van der Waals surface area contributed by atoms with Gasteiger partial charge in [-0.05, 0) is 46.8 Å². The van der Waals surface area contributed by atoms with Crippen LogP contribution < -0.4 is 15.4 Å². The number of rotatable bonds is 3. The van der Waals surface area contributed by atoms with E-state index in [1.54, 1.807) is 7.11 Å². The minimum absolute atomic E-state index is 0.0785. The summed E-state index contributed by atoms with van der Waals surface area (Å²) in [6, 6.07) is 6.04. The van der Waals surface area contributed by atoms with Crippen LogP contribution in [0.25, 0.3) is 0 Å². The summed E-state index contributed by atoms with van der Waals surface area (Å²) in [6.45, 7) is 12.2. The molecule has 1 aromatic carbocycles. The number of nitrogens with two attached hydrogens (primary N) is 1. The quantitative estimate of drug-likeness (QED) is 0.930. The minimum atomic E-state index is -0.195. The van der Waals surface area contributed by atoms with Gasteiger partial charge in [-0.3, -0.25) is 0 Å². The molecule has 1 unspecified atom stereocenters. The first-order valence-electron chi connectivity index (χ1n) is 7.53. The second-order valence-electron chi connectivity index (χ2n) is 7.16. The molecule has 2 rings (SSSR count). The molecule has 1 aromatic rings. The third kappa shape index (κ3) is 3.50. The van der Waals surface area contributed by atoms with Crippen LogP contribution in [0.5, 0.6) is 5.75 Å². The fourth-order valence-electron chi connectivity index (χ4n) is 3.40. The molecule has 21 heavy (non-hydrogen) atoms. The molecule has 1 heterocycles. The number of nitrogens with zero attached hydrogens (tertiary/aromatic N) is 1. The van der Waals surface area contributed by atoms with Gasteiger partial charge in [0, 0.05) is 30.4 Å². The largest absolute Gasteiger partial charge is 0.496 e. The van der Waals surface area contributed by atoms with E-state index in [0.29, 0.717) is 0 Å². The maximum Gasteiger partial charge on any atom is 0.125 e. The molecule has 1 atom stereocenters. The summed E-state index contributed by atoms with van der Waals surface area (Å²) >= 11 is 0. The van der Waals surface area contributed by atoms with E-state index >= 15 is 0 Å². The Kier molecular flexibility index (Phi) is 4.22. The second-order valence-corrected chi connectivity index (χ2v) is 7.16. The third-order valence-corrected chi connectivity index (χ3v) is 3.75. The number of anilines is 1. The topological polar surface area (TPSA) is 47.7 Å². The fraction of sp³-hybridized carbons (Fsp3) is 0.647. The molecule has 0 radical (unpaired) electrons. The Morgan fingerprint density at radius 1 is 1.19 bits per heavy atom. The summed E-state index contributed by atoms with van der Waals surface area (Å²) in [6.07, 6.45) is 0. The highest BCUT2D eigenvalue weighted by Crippen LogP contribution is 2.38. The Bertz CT molecular complexity index is 494. The maximum atomic E-state index is 6.19. The van der Waals surface area contributed by atoms with Crippen molar-refractivity contribution in [2.45, 2.75) is 51.9 Å². The first-order chi connectivity index (χ1) is 9.65. The zero-order chi connectivity index (χ0) is 15.8. The van der Waals surface area contributed by atoms with Gasteiger partial charge in [0.15, 0.2) is 0 Å². The summed E-state index contributed by atoms with van der Waals surface area (Å²) in [7, 11) is 1.69. The summed E-state index contributed by atoms with van der Waals surface area (Å²) in [5, 5.41) is 0. The van der Waals surface area contributed by atoms with Crippen LogP contribution in [-0.4, -0.2) is 31.4 Å². The van der Waals surface area contributed by atoms with Crippen molar-refractivity contribution in [1.29, 1.82) is 0 Å². The molecule has 1 fully saturated rings. The molecule has 0 aliphatic carbocycles. The maximum absolute atomic E-state index is 6.19. The smallest absolute Gasteiger partial charge is 0.125 e. The lowest BCUT2D eigenvalue weighted by molar-refractivity contribution is -0.133. The van der Waals surface area contributed by atoms with E-state index in [0.717, 1.165) is 30.1 Å². The van der Waals surface area contributed by atoms with E-state index in [2.05, 4.69) is 38.7 Å². The van der Waals surface area contributed by atoms with Crippen LogP contribution in [0.15, 0.2) is 18.2 Å². The van der Waals surface area contributed by atoms with E-state index in [1.165, 1.54) is 0 Å². The molecule has 1 aliphatic heterocycles. The van der Waals surface area contributed by atoms with Crippen LogP contribution in [-0.2, 0) is 4.74 Å². The molecule has 118 valence electrons. The lowest BCUT2D eigenvalue weighted by atomic mass is 9.96. The summed E-state index contributed by atoms with van der Waals surface area (Å²) in [5.74, 6) is 0.851. The molecule has 0 amide bonds. The zero-order valence-electron chi connectivity index (χ0n) is 14.1. The van der Waals surface area contributed by atoms with Crippen LogP contribution in [0.2, 0.25) is 0 Å². The molecule has 1 aliphatic rings. The third-order valence-electron chi connectivity index (χ3n) is 3.75. The molecule has 1 saturated heterocycles. The van der Waals surface area contributed by atoms with Gasteiger partial charge in [-0.15, -0.1) is 0 Å². The van der Waals surface area contributed by atoms with Gasteiger partial charge in [0.25, 0.3) is 0 Å². The van der Waals surface area contributed by atoms with Gasteiger partial charge in [0.2, 0.25) is 0 Å². The van der Waals surface area contributed by atoms with Gasteiger partial charge in [0.05, 0.1) is 18.3 Å². The average molecular weight is 292 g/mol. The Balaban J connectivity index is 2.46. The van der Waals surface area contributed by atoms with Gasteiger partial charge in [-0.25, -0.2) is 0 Å². The van der Waals surface area contributed by atoms with Crippen molar-refractivity contribution in [2.24, 2.45) is 5.73 Å². The summed E-state index contributed by atoms with van der Waals surface area (Å²) in [4.78, 5) is 2.37. The normalized spacial score (nSPS) is 22.0. The Labute approximate surface area is 128 Å². The fourth-order valence-corrected chi connectivity index (χ4v) is 3.40. The average Bonchev–Trinajstić information content (AvgIpc) is 2.33. The Morgan fingerprint density at radius 2 is 1.76 bits per heavy atom. The number of methoxy groups -OCH3 is 1. The summed E-state index contributed by atoms with van der Waals surface area (Å²) < 4.78 is 11.7. The van der Waals surface area contributed by atoms with Crippen LogP contribution in [0, 0.1) is 0 Å². The number of benzene rings is 1. The molecule has 0 aromatic heterocycles. The van der Waals surface area contributed by atoms with Crippen LogP contribution in [0.3, 0.4) is 0 Å². The molecule has 2 N–H and O–H groups in total. The van der Waals surface area contributed by atoms with Gasteiger partial charge in [0.1, 0.15) is 5.75 Å². The molecule has 0 spiro atoms. The van der Waals surface area contributed by atoms with Crippen LogP contribution >= 0.6 is 0 Å². The van der Waals surface area contributed by atoms with Crippen LogP contribution in [0.1, 0.15) is 46.2 Å². The van der Waals surface area contributed by atoms with Crippen molar-refractivity contribution >= 4 is 5.69 Å². The van der Waals surface area contributed by atoms with Gasteiger partial charge in [-0.1, -0.05) is 6.07 Å². The lowest BCUT2D eigenvalue weighted by Crippen LogP contribution is -2.57. The molecule has 4 nitrogen and oxygen atoms in total. The first kappa shape index (κ1) is 16.1. The molecular formula is C17H28N2O2. The standard InChI is InChI=1S/C17H28N2O2/c1-12(18)15-13(8-7-9-14(15)20-6)19-10-16(2,3)21-17(4,5)11-19/h7-9,12H,10-11,18H2,1-6H3. The van der Waals surface area contributed by atoms with E-state index in [9.17, 15) is 0 Å². The predicted octanol–water partition coefficient (Wildman–Crippen LogP) is 3.11. The van der Waals surface area contributed by atoms with E-state index in [-0.39, 0.29) is 17.2 Å². The first-order valence-corrected chi connectivity index (χ1v) is 7.53. The van der Waals surface area contributed by atoms with Crippen LogP contribution in [0.4, 0.5) is 5.69 Å². The highest BCUT2D eigenvalue weighted by Gasteiger charge is 2.39. The number of hydrogen-bond donors (Lipinski definition) is 1. The van der Waals surface area contributed by atoms with Gasteiger partial charge >= 0.3 is 0 Å². The van der Waals surface area contributed by atoms with E-state index in [4.69, 9.17) is 15.2 Å². The van der Waals surface area contributed by atoms with Crippen molar-refractivity contribution in [3.05, 3.63) is 23.8 Å². The highest BCUT2D eigenvalue weighted by atomic mass is 16.5. The second kappa shape index (κ2) is 5.50. The monoisotopic (exact) mass is 292 g/mol. The Hall–Kier alpha value is -1.26. The van der Waals surface area contributed by atoms with Crippen molar-refractivity contribution in [3.8, 4) is 5.75 Å². The SMILES string of the molecule is COc1cccc(N2CC(C)(C)OC(C)(C)C2)c1C(C)N. The van der Waals surface area contributed by atoms with E-state index < -0.39 is 0 Å². The zero-order valence-corrected chi connectivity index (χ0v) is 14.1. The van der Waals surface area contributed by atoms with Crippen molar-refractivity contribution in [2.75, 3.05) is 25.1 Å². The van der Waals surface area contributed by atoms with Crippen molar-refractivity contribution in [3.63, 3.8) is 0 Å². The predicted molar refractivity (Wildman–Crippen MR) is 87.1 cm³/mol. The number of hydrogen-bond acceptors (Lipinski definition) is 4.